The maximum atomic E-state index is 11.1. The number of anilines is 1. The average Bonchev–Trinajstić information content (AvgIpc) is 2.74. The Morgan fingerprint density at radius 1 is 1.48 bits per heavy atom. The largest absolute Gasteiger partial charge is 0.489 e. The second-order valence-corrected chi connectivity index (χ2v) is 5.32. The van der Waals surface area contributed by atoms with Crippen LogP contribution in [-0.4, -0.2) is 52.7 Å². The molecule has 8 heteroatoms. The van der Waals surface area contributed by atoms with Crippen molar-refractivity contribution in [2.75, 3.05) is 24.6 Å². The van der Waals surface area contributed by atoms with Gasteiger partial charge in [0, 0.05) is 6.54 Å². The number of benzene rings is 1. The number of primary amides is 1. The van der Waals surface area contributed by atoms with Gasteiger partial charge in [0.05, 0.1) is 23.8 Å². The zero-order chi connectivity index (χ0) is 15.1. The lowest BCUT2D eigenvalue weighted by Gasteiger charge is -2.32. The monoisotopic (exact) mass is 307 g/mol. The summed E-state index contributed by atoms with van der Waals surface area (Å²) >= 11 is 5.38. The minimum Gasteiger partial charge on any atom is -0.489 e. The molecule has 3 N–H and O–H groups in total. The highest BCUT2D eigenvalue weighted by Crippen LogP contribution is 2.38. The highest BCUT2D eigenvalue weighted by atomic mass is 32.1. The van der Waals surface area contributed by atoms with E-state index < -0.39 is 11.9 Å². The van der Waals surface area contributed by atoms with Crippen LogP contribution in [0, 0.1) is 0 Å². The molecule has 0 spiro atoms. The molecule has 0 aromatic heterocycles. The Morgan fingerprint density at radius 3 is 2.90 bits per heavy atom. The van der Waals surface area contributed by atoms with Gasteiger partial charge in [0.25, 0.3) is 0 Å². The molecule has 1 fully saturated rings. The van der Waals surface area contributed by atoms with Gasteiger partial charge in [0.15, 0.2) is 5.11 Å². The molecular weight excluding hydrogens is 294 g/mol. The minimum absolute atomic E-state index is 0.0415. The van der Waals surface area contributed by atoms with E-state index in [1.54, 1.807) is 11.0 Å². The molecule has 1 saturated heterocycles. The Balaban J connectivity index is 1.97. The van der Waals surface area contributed by atoms with Gasteiger partial charge >= 0.3 is 5.97 Å². The molecule has 0 radical (unpaired) electrons. The summed E-state index contributed by atoms with van der Waals surface area (Å²) in [5, 5.41) is 9.56. The average molecular weight is 307 g/mol. The second-order valence-electron chi connectivity index (χ2n) is 4.95. The molecule has 1 aromatic rings. The van der Waals surface area contributed by atoms with E-state index in [1.165, 1.54) is 12.1 Å². The van der Waals surface area contributed by atoms with E-state index in [4.69, 9.17) is 27.8 Å². The van der Waals surface area contributed by atoms with Gasteiger partial charge in [-0.2, -0.15) is 0 Å². The maximum absolute atomic E-state index is 11.1. The number of thiocarbonyl (C=S) groups is 1. The van der Waals surface area contributed by atoms with E-state index in [-0.39, 0.29) is 18.2 Å². The Kier molecular flexibility index (Phi) is 3.17. The van der Waals surface area contributed by atoms with E-state index in [1.807, 2.05) is 4.90 Å². The first-order valence-corrected chi connectivity index (χ1v) is 6.75. The molecule has 0 aliphatic carbocycles. The lowest BCUT2D eigenvalue weighted by atomic mass is 10.1. The van der Waals surface area contributed by atoms with Crippen LogP contribution in [-0.2, 0) is 4.79 Å². The molecule has 110 valence electrons. The number of fused-ring (bicyclic) bond motifs is 3. The summed E-state index contributed by atoms with van der Waals surface area (Å²) in [6, 6.07) is 4.59. The number of amides is 1. The fraction of sp³-hybridized carbons (Fsp3) is 0.308. The van der Waals surface area contributed by atoms with Crippen molar-refractivity contribution in [2.24, 2.45) is 5.73 Å². The predicted octanol–water partition coefficient (Wildman–Crippen LogP) is 0.0380. The molecule has 2 aliphatic rings. The number of hydrogen-bond donors (Lipinski definition) is 2. The molecule has 21 heavy (non-hydrogen) atoms. The normalized spacial score (nSPS) is 19.8. The Morgan fingerprint density at radius 2 is 2.24 bits per heavy atom. The predicted molar refractivity (Wildman–Crippen MR) is 78.5 cm³/mol. The fourth-order valence-corrected chi connectivity index (χ4v) is 3.00. The Hall–Kier alpha value is -2.35. The standard InChI is InChI=1S/C13H13N3O4S/c14-11(17)5-15-4-8-6-20-10-2-1-7(12(18)19)3-9(10)16(8)13(15)21/h1-3,8H,4-6H2,(H2,14,17)(H,18,19). The molecule has 3 rings (SSSR count). The first-order valence-electron chi connectivity index (χ1n) is 6.34. The maximum Gasteiger partial charge on any atom is 0.335 e. The van der Waals surface area contributed by atoms with Crippen LogP contribution in [0.4, 0.5) is 5.69 Å². The zero-order valence-electron chi connectivity index (χ0n) is 11.0. The number of carbonyl (C=O) groups is 2. The molecule has 0 saturated carbocycles. The van der Waals surface area contributed by atoms with Gasteiger partial charge in [-0.25, -0.2) is 4.79 Å². The molecule has 2 heterocycles. The summed E-state index contributed by atoms with van der Waals surface area (Å²) < 4.78 is 5.64. The topological polar surface area (TPSA) is 96.1 Å². The molecule has 0 bridgehead atoms. The number of carboxylic acid groups (broad SMARTS) is 1. The highest BCUT2D eigenvalue weighted by Gasteiger charge is 2.40. The highest BCUT2D eigenvalue weighted by molar-refractivity contribution is 7.80. The molecule has 2 aliphatic heterocycles. The van der Waals surface area contributed by atoms with Gasteiger partial charge in [-0.15, -0.1) is 0 Å². The lowest BCUT2D eigenvalue weighted by Crippen LogP contribution is -2.42. The smallest absolute Gasteiger partial charge is 0.335 e. The number of hydrogen-bond acceptors (Lipinski definition) is 4. The van der Waals surface area contributed by atoms with Gasteiger partial charge in [-0.1, -0.05) is 0 Å². The third-order valence-corrected chi connectivity index (χ3v) is 3.97. The van der Waals surface area contributed by atoms with Gasteiger partial charge in [-0.3, -0.25) is 4.79 Å². The van der Waals surface area contributed by atoms with Gasteiger partial charge in [0.1, 0.15) is 12.4 Å². The molecule has 1 unspecified atom stereocenters. The summed E-state index contributed by atoms with van der Waals surface area (Å²) in [7, 11) is 0. The van der Waals surface area contributed by atoms with E-state index in [0.717, 1.165) is 0 Å². The summed E-state index contributed by atoms with van der Waals surface area (Å²) in [4.78, 5) is 25.7. The third kappa shape index (κ3) is 2.27. The zero-order valence-corrected chi connectivity index (χ0v) is 11.8. The van der Waals surface area contributed by atoms with Crippen molar-refractivity contribution in [3.63, 3.8) is 0 Å². The third-order valence-electron chi connectivity index (χ3n) is 3.52. The van der Waals surface area contributed by atoms with Crippen LogP contribution < -0.4 is 15.4 Å². The number of aromatic carboxylic acids is 1. The van der Waals surface area contributed by atoms with Crippen LogP contribution in [0.15, 0.2) is 18.2 Å². The van der Waals surface area contributed by atoms with Crippen molar-refractivity contribution in [2.45, 2.75) is 6.04 Å². The number of ether oxygens (including phenoxy) is 1. The van der Waals surface area contributed by atoms with Gasteiger partial charge < -0.3 is 25.4 Å². The van der Waals surface area contributed by atoms with Gasteiger partial charge in [-0.05, 0) is 30.4 Å². The van der Waals surface area contributed by atoms with E-state index in [0.29, 0.717) is 29.7 Å². The summed E-state index contributed by atoms with van der Waals surface area (Å²) in [5.41, 5.74) is 5.99. The SMILES string of the molecule is NC(=O)CN1CC2COc3ccc(C(=O)O)cc3N2C1=S. The number of carbonyl (C=O) groups excluding carboxylic acids is 1. The number of nitrogens with two attached hydrogens (primary N) is 1. The van der Waals surface area contributed by atoms with Crippen LogP contribution in [0.25, 0.3) is 0 Å². The molecular formula is C13H13N3O4S. The van der Waals surface area contributed by atoms with Crippen LogP contribution >= 0.6 is 12.2 Å². The number of nitrogens with zero attached hydrogens (tertiary/aromatic N) is 2. The molecule has 1 aromatic carbocycles. The van der Waals surface area contributed by atoms with Crippen molar-refractivity contribution in [3.8, 4) is 5.75 Å². The molecule has 1 amide bonds. The van der Waals surface area contributed by atoms with E-state index in [2.05, 4.69) is 0 Å². The first-order chi connectivity index (χ1) is 9.97. The van der Waals surface area contributed by atoms with Crippen LogP contribution in [0.1, 0.15) is 10.4 Å². The number of carboxylic acids is 1. The quantitative estimate of drug-likeness (QED) is 0.761. The van der Waals surface area contributed by atoms with E-state index >= 15 is 0 Å². The summed E-state index contributed by atoms with van der Waals surface area (Å²) in [5.74, 6) is -0.892. The Bertz CT molecular complexity index is 648. The van der Waals surface area contributed by atoms with Crippen molar-refractivity contribution >= 4 is 34.9 Å². The second kappa shape index (κ2) is 4.88. The molecule has 1 atom stereocenters. The lowest BCUT2D eigenvalue weighted by molar-refractivity contribution is -0.118. The van der Waals surface area contributed by atoms with Gasteiger partial charge in [0.2, 0.25) is 5.91 Å². The minimum atomic E-state index is -1.01. The molecule has 7 nitrogen and oxygen atoms in total. The fourth-order valence-electron chi connectivity index (χ4n) is 2.62. The van der Waals surface area contributed by atoms with Crippen LogP contribution in [0.3, 0.4) is 0 Å². The Labute approximate surface area is 125 Å². The summed E-state index contributed by atoms with van der Waals surface area (Å²) in [6.07, 6.45) is 0. The number of rotatable bonds is 3. The first kappa shape index (κ1) is 13.6. The van der Waals surface area contributed by atoms with Crippen molar-refractivity contribution < 1.29 is 19.4 Å². The van der Waals surface area contributed by atoms with Crippen LogP contribution in [0.2, 0.25) is 0 Å². The van der Waals surface area contributed by atoms with Crippen molar-refractivity contribution in [1.82, 2.24) is 4.90 Å². The van der Waals surface area contributed by atoms with Crippen LogP contribution in [0.5, 0.6) is 5.75 Å². The van der Waals surface area contributed by atoms with Crippen molar-refractivity contribution in [3.05, 3.63) is 23.8 Å². The van der Waals surface area contributed by atoms with Crippen molar-refractivity contribution in [1.29, 1.82) is 0 Å². The summed E-state index contributed by atoms with van der Waals surface area (Å²) in [6.45, 7) is 0.993. The van der Waals surface area contributed by atoms with E-state index in [9.17, 15) is 9.59 Å².